The summed E-state index contributed by atoms with van der Waals surface area (Å²) >= 11 is 0. The molecule has 0 aromatic rings. The molecule has 0 saturated carbocycles. The molecule has 0 amide bonds. The molecule has 1 aliphatic rings. The van der Waals surface area contributed by atoms with Crippen LogP contribution in [0.25, 0.3) is 0 Å². The van der Waals surface area contributed by atoms with Gasteiger partial charge in [0.1, 0.15) is 24.4 Å². The molecular weight excluding hydrogens is 196 g/mol. The smallest absolute Gasteiger partial charge is 0.253 e. The first-order valence-corrected chi connectivity index (χ1v) is 3.98. The van der Waals surface area contributed by atoms with Gasteiger partial charge in [0.2, 0.25) is 0 Å². The van der Waals surface area contributed by atoms with E-state index in [4.69, 9.17) is 5.11 Å². The van der Waals surface area contributed by atoms with E-state index in [1.807, 2.05) is 0 Å². The molecular formula is C7H12O7. The van der Waals surface area contributed by atoms with E-state index < -0.39 is 36.8 Å². The molecule has 0 unspecified atom stereocenters. The monoisotopic (exact) mass is 208 g/mol. The lowest BCUT2D eigenvalue weighted by Gasteiger charge is -2.42. The zero-order chi connectivity index (χ0) is 10.9. The number of hydrogen-bond donors (Lipinski definition) is 5. The Morgan fingerprint density at radius 2 is 1.86 bits per heavy atom. The second-order valence-electron chi connectivity index (χ2n) is 3.13. The van der Waals surface area contributed by atoms with Gasteiger partial charge in [0.15, 0.2) is 6.29 Å². The largest absolute Gasteiger partial charge is 0.394 e. The van der Waals surface area contributed by atoms with Crippen LogP contribution < -0.4 is 0 Å². The molecule has 0 radical (unpaired) electrons. The SMILES string of the molecule is O=C[C@]1(O)O[C@H](CO)[C@H](O)[C@H](O)[C@H]1O. The lowest BCUT2D eigenvalue weighted by Crippen LogP contribution is -2.65. The van der Waals surface area contributed by atoms with E-state index in [1.165, 1.54) is 0 Å². The van der Waals surface area contributed by atoms with Gasteiger partial charge < -0.3 is 30.3 Å². The molecule has 0 aliphatic carbocycles. The van der Waals surface area contributed by atoms with Crippen LogP contribution in [0.15, 0.2) is 0 Å². The summed E-state index contributed by atoms with van der Waals surface area (Å²) in [5, 5.41) is 45.6. The summed E-state index contributed by atoms with van der Waals surface area (Å²) in [7, 11) is 0. The number of aldehydes is 1. The topological polar surface area (TPSA) is 127 Å². The fourth-order valence-corrected chi connectivity index (χ4v) is 1.28. The summed E-state index contributed by atoms with van der Waals surface area (Å²) < 4.78 is 4.54. The van der Waals surface area contributed by atoms with E-state index in [1.54, 1.807) is 0 Å². The van der Waals surface area contributed by atoms with Crippen LogP contribution in [0.1, 0.15) is 0 Å². The van der Waals surface area contributed by atoms with Gasteiger partial charge in [-0.1, -0.05) is 0 Å². The van der Waals surface area contributed by atoms with Crippen LogP contribution in [-0.4, -0.2) is 68.6 Å². The van der Waals surface area contributed by atoms with E-state index >= 15 is 0 Å². The van der Waals surface area contributed by atoms with Crippen LogP contribution in [0.4, 0.5) is 0 Å². The number of carbonyl (C=O) groups is 1. The van der Waals surface area contributed by atoms with Gasteiger partial charge >= 0.3 is 0 Å². The van der Waals surface area contributed by atoms with Crippen molar-refractivity contribution in [2.45, 2.75) is 30.2 Å². The minimum absolute atomic E-state index is 0.102. The molecule has 82 valence electrons. The Balaban J connectivity index is 2.89. The molecule has 1 fully saturated rings. The van der Waals surface area contributed by atoms with Crippen molar-refractivity contribution in [1.82, 2.24) is 0 Å². The Kier molecular flexibility index (Phi) is 3.20. The Hall–Kier alpha value is -0.570. The molecule has 0 bridgehead atoms. The second kappa shape index (κ2) is 3.89. The molecule has 5 N–H and O–H groups in total. The van der Waals surface area contributed by atoms with Gasteiger partial charge in [-0.2, -0.15) is 0 Å². The van der Waals surface area contributed by atoms with Gasteiger partial charge in [-0.3, -0.25) is 4.79 Å². The minimum Gasteiger partial charge on any atom is -0.394 e. The predicted molar refractivity (Wildman–Crippen MR) is 41.0 cm³/mol. The Labute approximate surface area is 79.2 Å². The Morgan fingerprint density at radius 1 is 1.29 bits per heavy atom. The number of rotatable bonds is 2. The molecule has 7 nitrogen and oxygen atoms in total. The van der Waals surface area contributed by atoms with Crippen molar-refractivity contribution >= 4 is 6.29 Å². The standard InChI is InChI=1S/C7H12O7/c8-1-3-4(10)5(11)6(12)7(13,2-9)14-3/h2-6,8,10-13H,1H2/t3-,4+,5+,6-,7+/m1/s1. The second-order valence-corrected chi connectivity index (χ2v) is 3.13. The molecule has 0 spiro atoms. The first-order valence-electron chi connectivity index (χ1n) is 3.98. The first kappa shape index (κ1) is 11.5. The van der Waals surface area contributed by atoms with Crippen molar-refractivity contribution in [3.05, 3.63) is 0 Å². The van der Waals surface area contributed by atoms with Crippen molar-refractivity contribution in [3.8, 4) is 0 Å². The van der Waals surface area contributed by atoms with Crippen LogP contribution in [0.3, 0.4) is 0 Å². The van der Waals surface area contributed by atoms with Crippen LogP contribution in [0, 0.1) is 0 Å². The number of ether oxygens (including phenoxy) is 1. The maximum Gasteiger partial charge on any atom is 0.253 e. The number of hydrogen-bond acceptors (Lipinski definition) is 7. The highest BCUT2D eigenvalue weighted by Crippen LogP contribution is 2.26. The molecule has 1 aliphatic heterocycles. The van der Waals surface area contributed by atoms with Crippen molar-refractivity contribution in [1.29, 1.82) is 0 Å². The Bertz CT molecular complexity index is 218. The van der Waals surface area contributed by atoms with Crippen LogP contribution in [0.2, 0.25) is 0 Å². The third-order valence-electron chi connectivity index (χ3n) is 2.17. The molecule has 0 aromatic carbocycles. The van der Waals surface area contributed by atoms with Crippen LogP contribution >= 0.6 is 0 Å². The molecule has 7 heteroatoms. The predicted octanol–water partition coefficient (Wildman–Crippen LogP) is -3.65. The lowest BCUT2D eigenvalue weighted by molar-refractivity contribution is -0.326. The van der Waals surface area contributed by atoms with Crippen molar-refractivity contribution in [2.24, 2.45) is 0 Å². The highest BCUT2D eigenvalue weighted by molar-refractivity contribution is 5.61. The summed E-state index contributed by atoms with van der Waals surface area (Å²) in [6.45, 7) is -0.693. The third-order valence-corrected chi connectivity index (χ3v) is 2.17. The van der Waals surface area contributed by atoms with E-state index in [-0.39, 0.29) is 6.29 Å². The summed E-state index contributed by atoms with van der Waals surface area (Å²) in [6.07, 6.45) is -6.68. The van der Waals surface area contributed by atoms with Gasteiger partial charge in [0, 0.05) is 0 Å². The minimum atomic E-state index is -2.59. The lowest BCUT2D eigenvalue weighted by atomic mass is 9.93. The van der Waals surface area contributed by atoms with Gasteiger partial charge in [-0.25, -0.2) is 0 Å². The maximum atomic E-state index is 10.4. The fraction of sp³-hybridized carbons (Fsp3) is 0.857. The van der Waals surface area contributed by atoms with Gasteiger partial charge in [0.05, 0.1) is 6.61 Å². The van der Waals surface area contributed by atoms with Gasteiger partial charge in [0.25, 0.3) is 5.79 Å². The zero-order valence-electron chi connectivity index (χ0n) is 7.15. The summed E-state index contributed by atoms with van der Waals surface area (Å²) in [5.74, 6) is -2.59. The molecule has 0 aromatic heterocycles. The number of carbonyl (C=O) groups excluding carboxylic acids is 1. The van der Waals surface area contributed by atoms with Crippen molar-refractivity contribution < 1.29 is 35.1 Å². The quantitative estimate of drug-likeness (QED) is 0.296. The van der Waals surface area contributed by atoms with Gasteiger partial charge in [-0.15, -0.1) is 0 Å². The summed E-state index contributed by atoms with van der Waals surface area (Å²) in [5.41, 5.74) is 0. The normalized spacial score (nSPS) is 48.9. The highest BCUT2D eigenvalue weighted by Gasteiger charge is 2.52. The van der Waals surface area contributed by atoms with Gasteiger partial charge in [-0.05, 0) is 0 Å². The molecule has 1 rings (SSSR count). The van der Waals surface area contributed by atoms with Crippen LogP contribution in [0.5, 0.6) is 0 Å². The number of aliphatic hydroxyl groups is 5. The average Bonchev–Trinajstić information content (AvgIpc) is 2.20. The van der Waals surface area contributed by atoms with Crippen molar-refractivity contribution in [2.75, 3.05) is 6.61 Å². The zero-order valence-corrected chi connectivity index (χ0v) is 7.15. The number of aliphatic hydroxyl groups excluding tert-OH is 4. The highest BCUT2D eigenvalue weighted by atomic mass is 16.7. The molecule has 5 atom stereocenters. The molecule has 1 heterocycles. The van der Waals surface area contributed by atoms with Crippen LogP contribution in [-0.2, 0) is 9.53 Å². The van der Waals surface area contributed by atoms with E-state index in [0.29, 0.717) is 0 Å². The molecule has 14 heavy (non-hydrogen) atoms. The first-order chi connectivity index (χ1) is 6.46. The summed E-state index contributed by atoms with van der Waals surface area (Å²) in [4.78, 5) is 10.4. The fourth-order valence-electron chi connectivity index (χ4n) is 1.28. The molecule has 1 saturated heterocycles. The van der Waals surface area contributed by atoms with E-state index in [2.05, 4.69) is 4.74 Å². The summed E-state index contributed by atoms with van der Waals surface area (Å²) in [6, 6.07) is 0. The van der Waals surface area contributed by atoms with E-state index in [9.17, 15) is 25.2 Å². The Morgan fingerprint density at radius 3 is 2.29 bits per heavy atom. The maximum absolute atomic E-state index is 10.4. The van der Waals surface area contributed by atoms with Crippen molar-refractivity contribution in [3.63, 3.8) is 0 Å². The van der Waals surface area contributed by atoms with E-state index in [0.717, 1.165) is 0 Å². The third kappa shape index (κ3) is 1.65. The average molecular weight is 208 g/mol.